The van der Waals surface area contributed by atoms with Gasteiger partial charge in [0.1, 0.15) is 0 Å². The van der Waals surface area contributed by atoms with Crippen LogP contribution in [0.4, 0.5) is 0 Å². The number of nitrogens with one attached hydrogen (secondary N) is 1. The van der Waals surface area contributed by atoms with Crippen molar-refractivity contribution in [2.24, 2.45) is 0 Å². The van der Waals surface area contributed by atoms with Crippen LogP contribution in [-0.2, 0) is 6.42 Å². The number of ether oxygens (including phenoxy) is 1. The lowest BCUT2D eigenvalue weighted by atomic mass is 10.2. The van der Waals surface area contributed by atoms with Crippen LogP contribution in [0.5, 0.6) is 5.88 Å². The maximum Gasteiger partial charge on any atom is 0.254 e. The number of hydrogen-bond acceptors (Lipinski definition) is 6. The zero-order valence-corrected chi connectivity index (χ0v) is 16.2. The van der Waals surface area contributed by atoms with Gasteiger partial charge in [0.05, 0.1) is 24.6 Å². The predicted molar refractivity (Wildman–Crippen MR) is 99.8 cm³/mol. The number of aromatic nitrogens is 4. The highest BCUT2D eigenvalue weighted by molar-refractivity contribution is 5.95. The van der Waals surface area contributed by atoms with Crippen molar-refractivity contribution in [2.45, 2.75) is 39.7 Å². The Morgan fingerprint density at radius 3 is 2.69 bits per heavy atom. The van der Waals surface area contributed by atoms with Crippen molar-refractivity contribution >= 4 is 5.91 Å². The van der Waals surface area contributed by atoms with Crippen molar-refractivity contribution in [1.82, 2.24) is 30.2 Å². The number of nitrogens with zero attached hydrogens (tertiary/aromatic N) is 5. The molecule has 0 saturated heterocycles. The summed E-state index contributed by atoms with van der Waals surface area (Å²) in [7, 11) is 3.62. The topological polar surface area (TPSA) is 85.2 Å². The zero-order chi connectivity index (χ0) is 19.1. The SMILES string of the molecule is CCc1c(C(=O)NCCCN(C)C(C)C)cnn1-c1ccc(OC)nn1. The minimum absolute atomic E-state index is 0.109. The summed E-state index contributed by atoms with van der Waals surface area (Å²) in [6.45, 7) is 7.87. The van der Waals surface area contributed by atoms with E-state index < -0.39 is 0 Å². The zero-order valence-electron chi connectivity index (χ0n) is 16.2. The van der Waals surface area contributed by atoms with Crippen LogP contribution in [0.15, 0.2) is 18.3 Å². The van der Waals surface area contributed by atoms with Gasteiger partial charge in [-0.1, -0.05) is 6.92 Å². The van der Waals surface area contributed by atoms with E-state index in [9.17, 15) is 4.79 Å². The Labute approximate surface area is 154 Å². The van der Waals surface area contributed by atoms with E-state index in [4.69, 9.17) is 4.74 Å². The Kier molecular flexibility index (Phi) is 7.08. The Balaban J connectivity index is 2.03. The molecule has 0 saturated carbocycles. The van der Waals surface area contributed by atoms with Crippen LogP contribution in [0.1, 0.15) is 43.2 Å². The molecule has 142 valence electrons. The van der Waals surface area contributed by atoms with Crippen LogP contribution in [0.2, 0.25) is 0 Å². The average molecular weight is 360 g/mol. The third-order valence-corrected chi connectivity index (χ3v) is 4.36. The maximum atomic E-state index is 12.5. The van der Waals surface area contributed by atoms with Gasteiger partial charge in [0.25, 0.3) is 5.91 Å². The van der Waals surface area contributed by atoms with Crippen molar-refractivity contribution in [3.63, 3.8) is 0 Å². The van der Waals surface area contributed by atoms with E-state index in [1.165, 1.54) is 7.11 Å². The van der Waals surface area contributed by atoms with Gasteiger partial charge in [0.15, 0.2) is 5.82 Å². The molecule has 8 nitrogen and oxygen atoms in total. The second kappa shape index (κ2) is 9.28. The first-order valence-electron chi connectivity index (χ1n) is 8.91. The van der Waals surface area contributed by atoms with Crippen molar-refractivity contribution in [2.75, 3.05) is 27.2 Å². The molecule has 0 unspecified atom stereocenters. The highest BCUT2D eigenvalue weighted by atomic mass is 16.5. The number of carbonyl (C=O) groups is 1. The lowest BCUT2D eigenvalue weighted by molar-refractivity contribution is 0.0950. The molecule has 1 N–H and O–H groups in total. The highest BCUT2D eigenvalue weighted by Gasteiger charge is 2.17. The third kappa shape index (κ3) is 4.78. The minimum atomic E-state index is -0.109. The number of amides is 1. The van der Waals surface area contributed by atoms with Crippen LogP contribution >= 0.6 is 0 Å². The Morgan fingerprint density at radius 1 is 1.35 bits per heavy atom. The number of hydrogen-bond donors (Lipinski definition) is 1. The second-order valence-corrected chi connectivity index (χ2v) is 6.39. The average Bonchev–Trinajstić information content (AvgIpc) is 3.08. The molecule has 0 fully saturated rings. The van der Waals surface area contributed by atoms with Crippen LogP contribution in [0.25, 0.3) is 5.82 Å². The van der Waals surface area contributed by atoms with Gasteiger partial charge in [-0.25, -0.2) is 4.68 Å². The summed E-state index contributed by atoms with van der Waals surface area (Å²) in [6, 6.07) is 3.98. The Hall–Kier alpha value is -2.48. The summed E-state index contributed by atoms with van der Waals surface area (Å²) in [5.41, 5.74) is 1.38. The molecule has 0 aliphatic heterocycles. The van der Waals surface area contributed by atoms with Crippen LogP contribution in [0, 0.1) is 0 Å². The van der Waals surface area contributed by atoms with E-state index in [0.29, 0.717) is 36.3 Å². The van der Waals surface area contributed by atoms with Gasteiger partial charge in [-0.3, -0.25) is 4.79 Å². The normalized spacial score (nSPS) is 11.2. The molecule has 2 heterocycles. The molecule has 0 atom stereocenters. The van der Waals surface area contributed by atoms with Gasteiger partial charge < -0.3 is 15.0 Å². The summed E-state index contributed by atoms with van der Waals surface area (Å²) >= 11 is 0. The summed E-state index contributed by atoms with van der Waals surface area (Å²) in [6.07, 6.45) is 3.15. The molecule has 0 aromatic carbocycles. The van der Waals surface area contributed by atoms with Gasteiger partial charge in [0.2, 0.25) is 5.88 Å². The quantitative estimate of drug-likeness (QED) is 0.685. The van der Waals surface area contributed by atoms with Gasteiger partial charge >= 0.3 is 0 Å². The molecule has 0 spiro atoms. The molecule has 2 aromatic heterocycles. The summed E-state index contributed by atoms with van der Waals surface area (Å²) in [5.74, 6) is 0.880. The summed E-state index contributed by atoms with van der Waals surface area (Å²) < 4.78 is 6.67. The fourth-order valence-electron chi connectivity index (χ4n) is 2.52. The standard InChI is InChI=1S/C18H28N6O2/c1-6-15-14(18(25)19-10-7-11-23(4)13(2)3)12-20-24(15)16-8-9-17(26-5)22-21-16/h8-9,12-13H,6-7,10-11H2,1-5H3,(H,19,25). The lowest BCUT2D eigenvalue weighted by Gasteiger charge is -2.20. The number of methoxy groups -OCH3 is 1. The lowest BCUT2D eigenvalue weighted by Crippen LogP contribution is -2.31. The van der Waals surface area contributed by atoms with E-state index in [1.807, 2.05) is 6.92 Å². The first kappa shape index (κ1) is 19.8. The third-order valence-electron chi connectivity index (χ3n) is 4.36. The van der Waals surface area contributed by atoms with Crippen LogP contribution in [0.3, 0.4) is 0 Å². The van der Waals surface area contributed by atoms with Gasteiger partial charge in [0, 0.05) is 18.7 Å². The first-order valence-corrected chi connectivity index (χ1v) is 8.91. The monoisotopic (exact) mass is 360 g/mol. The smallest absolute Gasteiger partial charge is 0.254 e. The van der Waals surface area contributed by atoms with Crippen LogP contribution in [-0.4, -0.2) is 64.1 Å². The molecule has 0 bridgehead atoms. The first-order chi connectivity index (χ1) is 12.5. The summed E-state index contributed by atoms with van der Waals surface area (Å²) in [5, 5.41) is 15.4. The largest absolute Gasteiger partial charge is 0.480 e. The van der Waals surface area contributed by atoms with Crippen LogP contribution < -0.4 is 10.1 Å². The van der Waals surface area contributed by atoms with E-state index in [0.717, 1.165) is 18.7 Å². The fourth-order valence-corrected chi connectivity index (χ4v) is 2.52. The van der Waals surface area contributed by atoms with E-state index in [2.05, 4.69) is 46.4 Å². The Bertz CT molecular complexity index is 711. The minimum Gasteiger partial charge on any atom is -0.480 e. The van der Waals surface area contributed by atoms with Gasteiger partial charge in [-0.05, 0) is 46.3 Å². The van der Waals surface area contributed by atoms with Crippen molar-refractivity contribution in [1.29, 1.82) is 0 Å². The Morgan fingerprint density at radius 2 is 2.12 bits per heavy atom. The van der Waals surface area contributed by atoms with Crippen molar-refractivity contribution in [3.05, 3.63) is 29.6 Å². The number of carbonyl (C=O) groups excluding carboxylic acids is 1. The fraction of sp³-hybridized carbons (Fsp3) is 0.556. The van der Waals surface area contributed by atoms with Crippen molar-refractivity contribution < 1.29 is 9.53 Å². The highest BCUT2D eigenvalue weighted by Crippen LogP contribution is 2.15. The van der Waals surface area contributed by atoms with Gasteiger partial charge in [-0.2, -0.15) is 5.10 Å². The second-order valence-electron chi connectivity index (χ2n) is 6.39. The predicted octanol–water partition coefficient (Wildman–Crippen LogP) is 1.69. The summed E-state index contributed by atoms with van der Waals surface area (Å²) in [4.78, 5) is 14.8. The van der Waals surface area contributed by atoms with E-state index >= 15 is 0 Å². The van der Waals surface area contributed by atoms with E-state index in [-0.39, 0.29) is 5.91 Å². The molecular formula is C18H28N6O2. The van der Waals surface area contributed by atoms with Crippen molar-refractivity contribution in [3.8, 4) is 11.7 Å². The molecule has 2 aromatic rings. The van der Waals surface area contributed by atoms with Gasteiger partial charge in [-0.15, -0.1) is 10.2 Å². The molecule has 1 amide bonds. The molecule has 0 aliphatic rings. The molecule has 26 heavy (non-hydrogen) atoms. The number of rotatable bonds is 9. The molecule has 0 radical (unpaired) electrons. The molecule has 8 heteroatoms. The molecule has 2 rings (SSSR count). The molecule has 0 aliphatic carbocycles. The van der Waals surface area contributed by atoms with E-state index in [1.54, 1.807) is 23.0 Å². The maximum absolute atomic E-state index is 12.5. The molecular weight excluding hydrogens is 332 g/mol.